The predicted molar refractivity (Wildman–Crippen MR) is 69.6 cm³/mol. The van der Waals surface area contributed by atoms with E-state index in [4.69, 9.17) is 0 Å². The molecule has 0 aromatic carbocycles. The van der Waals surface area contributed by atoms with Crippen molar-refractivity contribution in [3.63, 3.8) is 0 Å². The Balaban J connectivity index is 3.06. The van der Waals surface area contributed by atoms with E-state index in [2.05, 4.69) is 34.9 Å². The van der Waals surface area contributed by atoms with Crippen LogP contribution in [0.1, 0.15) is 45.5 Å². The molecule has 0 aliphatic carbocycles. The minimum Gasteiger partial charge on any atom is -0.390 e. The summed E-state index contributed by atoms with van der Waals surface area (Å²) in [5.74, 6) is 0. The first-order chi connectivity index (χ1) is 7.45. The van der Waals surface area contributed by atoms with Gasteiger partial charge in [0.25, 0.3) is 0 Å². The number of halogens is 1. The van der Waals surface area contributed by atoms with Crippen LogP contribution in [0.5, 0.6) is 0 Å². The maximum atomic E-state index is 10.1. The highest BCUT2D eigenvalue weighted by Crippen LogP contribution is 2.27. The van der Waals surface area contributed by atoms with E-state index in [9.17, 15) is 5.11 Å². The van der Waals surface area contributed by atoms with Gasteiger partial charge in [0, 0.05) is 13.0 Å². The molecular formula is C12H21BrN2O. The van der Waals surface area contributed by atoms with Crippen LogP contribution in [0.25, 0.3) is 0 Å². The maximum Gasteiger partial charge on any atom is 0.0766 e. The number of aryl methyl sites for hydroxylation is 2. The maximum absolute atomic E-state index is 10.1. The summed E-state index contributed by atoms with van der Waals surface area (Å²) in [4.78, 5) is 0. The average molecular weight is 289 g/mol. The fourth-order valence-electron chi connectivity index (χ4n) is 1.67. The SMILES string of the molecule is CCc1nn(CC)c(CC(C)(O)CC)c1Br. The van der Waals surface area contributed by atoms with Crippen LogP contribution in [0, 0.1) is 0 Å². The van der Waals surface area contributed by atoms with Crippen molar-refractivity contribution in [3.8, 4) is 0 Å². The van der Waals surface area contributed by atoms with Gasteiger partial charge in [-0.15, -0.1) is 0 Å². The van der Waals surface area contributed by atoms with Crippen molar-refractivity contribution in [3.05, 3.63) is 15.9 Å². The van der Waals surface area contributed by atoms with Crippen LogP contribution in [0.2, 0.25) is 0 Å². The quantitative estimate of drug-likeness (QED) is 0.905. The number of aliphatic hydroxyl groups is 1. The van der Waals surface area contributed by atoms with Crippen LogP contribution < -0.4 is 0 Å². The van der Waals surface area contributed by atoms with E-state index >= 15 is 0 Å². The van der Waals surface area contributed by atoms with Gasteiger partial charge >= 0.3 is 0 Å². The molecule has 0 radical (unpaired) electrons. The monoisotopic (exact) mass is 288 g/mol. The van der Waals surface area contributed by atoms with Crippen molar-refractivity contribution < 1.29 is 5.11 Å². The average Bonchev–Trinajstić information content (AvgIpc) is 2.55. The molecule has 1 rings (SSSR count). The second-order valence-electron chi connectivity index (χ2n) is 4.40. The van der Waals surface area contributed by atoms with Gasteiger partial charge in [0.2, 0.25) is 0 Å². The van der Waals surface area contributed by atoms with Gasteiger partial charge in [-0.25, -0.2) is 0 Å². The molecule has 1 atom stereocenters. The third-order valence-electron chi connectivity index (χ3n) is 3.00. The van der Waals surface area contributed by atoms with E-state index in [0.717, 1.165) is 35.2 Å². The third-order valence-corrected chi connectivity index (χ3v) is 3.92. The number of aromatic nitrogens is 2. The molecule has 4 heteroatoms. The second kappa shape index (κ2) is 5.32. The molecule has 0 saturated carbocycles. The van der Waals surface area contributed by atoms with Gasteiger partial charge in [-0.2, -0.15) is 5.10 Å². The standard InChI is InChI=1S/C12H21BrN2O/c1-5-9-11(13)10(15(7-3)14-9)8-12(4,16)6-2/h16H,5-8H2,1-4H3. The minimum atomic E-state index is -0.652. The summed E-state index contributed by atoms with van der Waals surface area (Å²) in [7, 11) is 0. The number of rotatable bonds is 5. The van der Waals surface area contributed by atoms with E-state index in [0.29, 0.717) is 6.42 Å². The molecule has 1 unspecified atom stereocenters. The fraction of sp³-hybridized carbons (Fsp3) is 0.750. The Hall–Kier alpha value is -0.350. The van der Waals surface area contributed by atoms with Gasteiger partial charge in [0.05, 0.1) is 21.5 Å². The topological polar surface area (TPSA) is 38.0 Å². The van der Waals surface area contributed by atoms with Crippen LogP contribution in [0.15, 0.2) is 4.47 Å². The van der Waals surface area contributed by atoms with Gasteiger partial charge in [0.15, 0.2) is 0 Å². The minimum absolute atomic E-state index is 0.644. The zero-order chi connectivity index (χ0) is 12.3. The van der Waals surface area contributed by atoms with Crippen molar-refractivity contribution in [2.75, 3.05) is 0 Å². The fourth-order valence-corrected chi connectivity index (χ4v) is 2.38. The molecule has 0 saturated heterocycles. The molecule has 0 amide bonds. The highest BCUT2D eigenvalue weighted by Gasteiger charge is 2.24. The van der Waals surface area contributed by atoms with Crippen LogP contribution >= 0.6 is 15.9 Å². The Morgan fingerprint density at radius 3 is 2.44 bits per heavy atom. The highest BCUT2D eigenvalue weighted by atomic mass is 79.9. The molecule has 92 valence electrons. The summed E-state index contributed by atoms with van der Waals surface area (Å²) in [6, 6.07) is 0. The van der Waals surface area contributed by atoms with Crippen molar-refractivity contribution in [2.45, 2.75) is 59.1 Å². The Kier molecular flexibility index (Phi) is 4.56. The Morgan fingerprint density at radius 1 is 1.38 bits per heavy atom. The molecule has 3 nitrogen and oxygen atoms in total. The van der Waals surface area contributed by atoms with Crippen molar-refractivity contribution >= 4 is 15.9 Å². The van der Waals surface area contributed by atoms with Gasteiger partial charge < -0.3 is 5.11 Å². The first kappa shape index (κ1) is 13.7. The molecule has 0 aliphatic heterocycles. The lowest BCUT2D eigenvalue weighted by molar-refractivity contribution is 0.0541. The zero-order valence-corrected chi connectivity index (χ0v) is 12.1. The van der Waals surface area contributed by atoms with Crippen LogP contribution in [0.4, 0.5) is 0 Å². The van der Waals surface area contributed by atoms with Gasteiger partial charge in [-0.3, -0.25) is 4.68 Å². The number of hydrogen-bond acceptors (Lipinski definition) is 2. The molecule has 16 heavy (non-hydrogen) atoms. The molecular weight excluding hydrogens is 268 g/mol. The molecule has 0 fully saturated rings. The van der Waals surface area contributed by atoms with Crippen LogP contribution in [0.3, 0.4) is 0 Å². The van der Waals surface area contributed by atoms with Gasteiger partial charge in [0.1, 0.15) is 0 Å². The van der Waals surface area contributed by atoms with E-state index in [1.54, 1.807) is 0 Å². The summed E-state index contributed by atoms with van der Waals surface area (Å²) in [5.41, 5.74) is 1.52. The van der Waals surface area contributed by atoms with E-state index < -0.39 is 5.60 Å². The Bertz CT molecular complexity index is 358. The molecule has 1 heterocycles. The molecule has 1 aromatic heterocycles. The Labute approximate surface area is 106 Å². The lowest BCUT2D eigenvalue weighted by Gasteiger charge is -2.21. The van der Waals surface area contributed by atoms with Crippen LogP contribution in [-0.4, -0.2) is 20.5 Å². The molecule has 1 N–H and O–H groups in total. The summed E-state index contributed by atoms with van der Waals surface area (Å²) in [6.45, 7) is 8.88. The number of hydrogen-bond donors (Lipinski definition) is 1. The van der Waals surface area contributed by atoms with E-state index in [1.165, 1.54) is 0 Å². The lowest BCUT2D eigenvalue weighted by atomic mass is 9.97. The molecule has 1 aromatic rings. The van der Waals surface area contributed by atoms with E-state index in [-0.39, 0.29) is 0 Å². The third kappa shape index (κ3) is 2.86. The molecule has 0 aliphatic rings. The normalized spacial score (nSPS) is 15.1. The summed E-state index contributed by atoms with van der Waals surface area (Å²) in [5, 5.41) is 14.7. The lowest BCUT2D eigenvalue weighted by Crippen LogP contribution is -2.27. The Morgan fingerprint density at radius 2 is 2.00 bits per heavy atom. The summed E-state index contributed by atoms with van der Waals surface area (Å²) >= 11 is 3.59. The first-order valence-electron chi connectivity index (χ1n) is 5.91. The zero-order valence-electron chi connectivity index (χ0n) is 10.5. The highest BCUT2D eigenvalue weighted by molar-refractivity contribution is 9.10. The smallest absolute Gasteiger partial charge is 0.0766 e. The first-order valence-corrected chi connectivity index (χ1v) is 6.70. The van der Waals surface area contributed by atoms with E-state index in [1.807, 2.05) is 18.5 Å². The van der Waals surface area contributed by atoms with Crippen LogP contribution in [-0.2, 0) is 19.4 Å². The summed E-state index contributed by atoms with van der Waals surface area (Å²) in [6.07, 6.45) is 2.30. The van der Waals surface area contributed by atoms with Crippen molar-refractivity contribution in [2.24, 2.45) is 0 Å². The molecule has 0 spiro atoms. The van der Waals surface area contributed by atoms with Gasteiger partial charge in [-0.05, 0) is 42.6 Å². The van der Waals surface area contributed by atoms with Crippen molar-refractivity contribution in [1.29, 1.82) is 0 Å². The number of nitrogens with zero attached hydrogens (tertiary/aromatic N) is 2. The van der Waals surface area contributed by atoms with Crippen molar-refractivity contribution in [1.82, 2.24) is 9.78 Å². The largest absolute Gasteiger partial charge is 0.390 e. The summed E-state index contributed by atoms with van der Waals surface area (Å²) < 4.78 is 3.04. The van der Waals surface area contributed by atoms with Gasteiger partial charge in [-0.1, -0.05) is 13.8 Å². The molecule has 0 bridgehead atoms. The predicted octanol–water partition coefficient (Wildman–Crippen LogP) is 2.93. The second-order valence-corrected chi connectivity index (χ2v) is 5.20.